The van der Waals surface area contributed by atoms with Gasteiger partial charge in [-0.2, -0.15) is 5.10 Å². The van der Waals surface area contributed by atoms with Crippen molar-refractivity contribution in [1.82, 2.24) is 15.2 Å². The molecule has 1 aromatic rings. The molecule has 1 rings (SSSR count). The van der Waals surface area contributed by atoms with Crippen LogP contribution in [0.25, 0.3) is 0 Å². The summed E-state index contributed by atoms with van der Waals surface area (Å²) in [5.41, 5.74) is 1.72. The molecule has 0 saturated heterocycles. The first-order valence-corrected chi connectivity index (χ1v) is 5.64. The molecule has 82 valence electrons. The lowest BCUT2D eigenvalue weighted by atomic mass is 10.3. The van der Waals surface area contributed by atoms with Crippen LogP contribution in [0.15, 0.2) is 10.3 Å². The highest BCUT2D eigenvalue weighted by atomic mass is 32.2. The largest absolute Gasteiger partial charge is 0.399 e. The lowest BCUT2D eigenvalue weighted by molar-refractivity contribution is 0.214. The molecule has 0 aliphatic carbocycles. The van der Waals surface area contributed by atoms with Crippen molar-refractivity contribution in [2.75, 3.05) is 12.9 Å². The molecule has 0 N–H and O–H groups in total. The lowest BCUT2D eigenvalue weighted by Gasteiger charge is -2.01. The zero-order valence-corrected chi connectivity index (χ0v) is 9.91. The smallest absolute Gasteiger partial charge is 0.209 e. The molecular weight excluding hydrogens is 212 g/mol. The average Bonchev–Trinajstić information content (AvgIpc) is 2.23. The quantitative estimate of drug-likeness (QED) is 0.432. The summed E-state index contributed by atoms with van der Waals surface area (Å²) in [4.78, 5) is 8.96. The summed E-state index contributed by atoms with van der Waals surface area (Å²) in [5.74, 6) is 0.941. The van der Waals surface area contributed by atoms with Gasteiger partial charge in [-0.05, 0) is 12.7 Å². The Bertz CT molecular complexity index is 343. The van der Waals surface area contributed by atoms with Crippen molar-refractivity contribution >= 4 is 18.0 Å². The van der Waals surface area contributed by atoms with E-state index in [2.05, 4.69) is 32.1 Å². The molecule has 0 fully saturated rings. The van der Waals surface area contributed by atoms with Gasteiger partial charge in [0, 0.05) is 12.6 Å². The highest BCUT2D eigenvalue weighted by Gasteiger charge is 2.04. The first-order chi connectivity index (χ1) is 7.27. The van der Waals surface area contributed by atoms with Gasteiger partial charge in [0.15, 0.2) is 0 Å². The Balaban J connectivity index is 2.75. The van der Waals surface area contributed by atoms with Gasteiger partial charge in [0.05, 0.1) is 11.4 Å². The molecule has 1 heterocycles. The molecule has 0 bridgehead atoms. The highest BCUT2D eigenvalue weighted by Crippen LogP contribution is 2.12. The SMILES string of the molecule is CCSc1nnc(C)c(C/C=N/OC)n1. The number of aromatic nitrogens is 3. The van der Waals surface area contributed by atoms with E-state index in [1.165, 1.54) is 7.11 Å². The van der Waals surface area contributed by atoms with Crippen molar-refractivity contribution in [2.45, 2.75) is 25.4 Å². The van der Waals surface area contributed by atoms with Gasteiger partial charge >= 0.3 is 0 Å². The number of oxime groups is 1. The predicted octanol–water partition coefficient (Wildman–Crippen LogP) is 1.47. The summed E-state index contributed by atoms with van der Waals surface area (Å²) in [7, 11) is 1.51. The molecule has 0 spiro atoms. The first kappa shape index (κ1) is 11.9. The summed E-state index contributed by atoms with van der Waals surface area (Å²) in [6.07, 6.45) is 2.28. The van der Waals surface area contributed by atoms with E-state index in [1.54, 1.807) is 18.0 Å². The van der Waals surface area contributed by atoms with E-state index >= 15 is 0 Å². The minimum Gasteiger partial charge on any atom is -0.399 e. The maximum atomic E-state index is 4.58. The fourth-order valence-corrected chi connectivity index (χ4v) is 1.51. The van der Waals surface area contributed by atoms with Crippen molar-refractivity contribution in [3.8, 4) is 0 Å². The molecule has 6 heteroatoms. The van der Waals surface area contributed by atoms with Gasteiger partial charge in [-0.1, -0.05) is 23.8 Å². The van der Waals surface area contributed by atoms with Crippen LogP contribution in [-0.4, -0.2) is 34.3 Å². The first-order valence-electron chi connectivity index (χ1n) is 4.66. The van der Waals surface area contributed by atoms with Crippen molar-refractivity contribution in [2.24, 2.45) is 5.16 Å². The number of hydrogen-bond donors (Lipinski definition) is 0. The average molecular weight is 226 g/mol. The number of nitrogens with zero attached hydrogens (tertiary/aromatic N) is 4. The van der Waals surface area contributed by atoms with Crippen LogP contribution in [0.4, 0.5) is 0 Å². The maximum absolute atomic E-state index is 4.58. The van der Waals surface area contributed by atoms with Crippen LogP contribution >= 0.6 is 11.8 Å². The molecule has 0 aromatic carbocycles. The monoisotopic (exact) mass is 226 g/mol. The van der Waals surface area contributed by atoms with E-state index in [0.717, 1.165) is 17.1 Å². The van der Waals surface area contributed by atoms with E-state index in [9.17, 15) is 0 Å². The number of thioether (sulfide) groups is 1. The van der Waals surface area contributed by atoms with Crippen molar-refractivity contribution in [3.63, 3.8) is 0 Å². The van der Waals surface area contributed by atoms with Crippen LogP contribution in [0.1, 0.15) is 18.3 Å². The third-order valence-electron chi connectivity index (χ3n) is 1.67. The molecular formula is C9H14N4OS. The lowest BCUT2D eigenvalue weighted by Crippen LogP contribution is -2.03. The zero-order valence-electron chi connectivity index (χ0n) is 9.10. The minimum atomic E-state index is 0.618. The van der Waals surface area contributed by atoms with E-state index < -0.39 is 0 Å². The number of rotatable bonds is 5. The predicted molar refractivity (Wildman–Crippen MR) is 60.2 cm³/mol. The van der Waals surface area contributed by atoms with Crippen molar-refractivity contribution in [1.29, 1.82) is 0 Å². The number of aryl methyl sites for hydroxylation is 1. The summed E-state index contributed by atoms with van der Waals surface area (Å²) in [6.45, 7) is 3.94. The minimum absolute atomic E-state index is 0.618. The molecule has 0 saturated carbocycles. The van der Waals surface area contributed by atoms with Gasteiger partial charge in [0.25, 0.3) is 0 Å². The number of hydrogen-bond acceptors (Lipinski definition) is 6. The molecule has 0 atom stereocenters. The topological polar surface area (TPSA) is 60.3 Å². The second-order valence-corrected chi connectivity index (χ2v) is 3.97. The van der Waals surface area contributed by atoms with Gasteiger partial charge in [-0.25, -0.2) is 4.98 Å². The van der Waals surface area contributed by atoms with Gasteiger partial charge in [-0.3, -0.25) is 0 Å². The summed E-state index contributed by atoms with van der Waals surface area (Å²) < 4.78 is 0. The van der Waals surface area contributed by atoms with Crippen LogP contribution in [0.5, 0.6) is 0 Å². The molecule has 0 aliphatic heterocycles. The molecule has 0 radical (unpaired) electrons. The van der Waals surface area contributed by atoms with Gasteiger partial charge in [-0.15, -0.1) is 5.10 Å². The molecule has 0 amide bonds. The Morgan fingerprint density at radius 3 is 2.93 bits per heavy atom. The van der Waals surface area contributed by atoms with Crippen molar-refractivity contribution < 1.29 is 4.84 Å². The second-order valence-electron chi connectivity index (χ2n) is 2.73. The summed E-state index contributed by atoms with van der Waals surface area (Å²) in [6, 6.07) is 0. The van der Waals surface area contributed by atoms with E-state index in [4.69, 9.17) is 0 Å². The third kappa shape index (κ3) is 3.83. The highest BCUT2D eigenvalue weighted by molar-refractivity contribution is 7.99. The Kier molecular flexibility index (Phi) is 5.03. The normalized spacial score (nSPS) is 10.9. The Morgan fingerprint density at radius 2 is 2.27 bits per heavy atom. The van der Waals surface area contributed by atoms with E-state index in [1.807, 2.05) is 6.92 Å². The van der Waals surface area contributed by atoms with Crippen LogP contribution in [0.3, 0.4) is 0 Å². The molecule has 1 aromatic heterocycles. The Hall–Kier alpha value is -1.17. The fraction of sp³-hybridized carbons (Fsp3) is 0.556. The van der Waals surface area contributed by atoms with Crippen LogP contribution in [0.2, 0.25) is 0 Å². The molecule has 0 aliphatic rings. The van der Waals surface area contributed by atoms with Crippen LogP contribution < -0.4 is 0 Å². The Labute approximate surface area is 93.3 Å². The van der Waals surface area contributed by atoms with E-state index in [-0.39, 0.29) is 0 Å². The van der Waals surface area contributed by atoms with Gasteiger partial charge < -0.3 is 4.84 Å². The van der Waals surface area contributed by atoms with Crippen LogP contribution in [-0.2, 0) is 11.3 Å². The fourth-order valence-electron chi connectivity index (χ4n) is 0.976. The zero-order chi connectivity index (χ0) is 11.1. The molecule has 15 heavy (non-hydrogen) atoms. The second kappa shape index (κ2) is 6.34. The van der Waals surface area contributed by atoms with Crippen molar-refractivity contribution in [3.05, 3.63) is 11.4 Å². The molecule has 0 unspecified atom stereocenters. The summed E-state index contributed by atoms with van der Waals surface area (Å²) >= 11 is 1.58. The van der Waals surface area contributed by atoms with Crippen LogP contribution in [0, 0.1) is 6.92 Å². The molecule has 5 nitrogen and oxygen atoms in total. The van der Waals surface area contributed by atoms with Gasteiger partial charge in [0.2, 0.25) is 5.16 Å². The van der Waals surface area contributed by atoms with E-state index in [0.29, 0.717) is 11.6 Å². The van der Waals surface area contributed by atoms with Gasteiger partial charge in [0.1, 0.15) is 7.11 Å². The third-order valence-corrected chi connectivity index (χ3v) is 2.39. The standard InChI is InChI=1S/C9H14N4OS/c1-4-15-9-11-8(5-6-10-14-3)7(2)12-13-9/h6H,4-5H2,1-3H3/b10-6+. The maximum Gasteiger partial charge on any atom is 0.209 e. The Morgan fingerprint density at radius 1 is 1.47 bits per heavy atom. The summed E-state index contributed by atoms with van der Waals surface area (Å²) in [5, 5.41) is 12.4.